The fraction of sp³-hybridized carbons (Fsp3) is 0.636. The molecule has 4 rings (SSSR count). The Morgan fingerprint density at radius 3 is 2.40 bits per heavy atom. The number of cyclic esters (lactones) is 1. The van der Waals surface area contributed by atoms with Crippen LogP contribution in [0.25, 0.3) is 6.08 Å². The highest BCUT2D eigenvalue weighted by Gasteiger charge is 2.30. The minimum absolute atomic E-state index is 0.0909. The summed E-state index contributed by atoms with van der Waals surface area (Å²) >= 11 is 0. The highest BCUT2D eigenvalue weighted by atomic mass is 32.2. The molecule has 0 N–H and O–H groups in total. The molecule has 10 heteroatoms. The molecule has 2 fully saturated rings. The van der Waals surface area contributed by atoms with Crippen molar-refractivity contribution in [2.75, 3.05) is 46.3 Å². The predicted molar refractivity (Wildman–Crippen MR) is 168 cm³/mol. The van der Waals surface area contributed by atoms with E-state index in [2.05, 4.69) is 18.9 Å². The van der Waals surface area contributed by atoms with Gasteiger partial charge in [0.1, 0.15) is 12.2 Å². The molecule has 0 aromatic heterocycles. The number of hydrogen-bond donors (Lipinski definition) is 0. The Labute approximate surface area is 257 Å². The number of benzene rings is 1. The number of carbonyl (C=O) groups excluding carboxylic acids is 2. The van der Waals surface area contributed by atoms with Crippen LogP contribution in [0.2, 0.25) is 0 Å². The van der Waals surface area contributed by atoms with Crippen LogP contribution in [0.3, 0.4) is 0 Å². The zero-order chi connectivity index (χ0) is 31.1. The Morgan fingerprint density at radius 1 is 1.00 bits per heavy atom. The van der Waals surface area contributed by atoms with Crippen LogP contribution in [-0.4, -0.2) is 93.1 Å². The number of hydrogen-bond acceptors (Lipinski definition) is 7. The number of amides is 1. The van der Waals surface area contributed by atoms with E-state index >= 15 is 0 Å². The van der Waals surface area contributed by atoms with Crippen molar-refractivity contribution >= 4 is 28.2 Å². The average Bonchev–Trinajstić information content (AvgIpc) is 3.53. The van der Waals surface area contributed by atoms with Crippen LogP contribution in [0.5, 0.6) is 0 Å². The summed E-state index contributed by atoms with van der Waals surface area (Å²) in [6, 6.07) is 6.93. The number of sulfonamides is 1. The van der Waals surface area contributed by atoms with E-state index < -0.39 is 22.2 Å². The molecule has 1 amide bonds. The summed E-state index contributed by atoms with van der Waals surface area (Å²) in [5.74, 6) is -0.237. The molecule has 3 aliphatic heterocycles. The van der Waals surface area contributed by atoms with Crippen molar-refractivity contribution in [3.8, 4) is 0 Å². The topological polar surface area (TPSA) is 96.5 Å². The van der Waals surface area contributed by atoms with Crippen molar-refractivity contribution < 1.29 is 27.5 Å². The van der Waals surface area contributed by atoms with Crippen LogP contribution in [0, 0.1) is 17.8 Å². The van der Waals surface area contributed by atoms with E-state index in [0.717, 1.165) is 49.9 Å². The summed E-state index contributed by atoms with van der Waals surface area (Å²) in [4.78, 5) is 30.3. The molecule has 0 unspecified atom stereocenters. The Morgan fingerprint density at radius 2 is 1.70 bits per heavy atom. The van der Waals surface area contributed by atoms with Crippen molar-refractivity contribution in [1.82, 2.24) is 14.1 Å². The molecule has 1 aromatic carbocycles. The second-order valence-electron chi connectivity index (χ2n) is 12.7. The first-order valence-corrected chi connectivity index (χ1v) is 17.2. The Kier molecular flexibility index (Phi) is 11.5. The maximum atomic E-state index is 13.1. The normalized spacial score (nSPS) is 29.8. The summed E-state index contributed by atoms with van der Waals surface area (Å²) in [6.45, 7) is 12.1. The van der Waals surface area contributed by atoms with Gasteiger partial charge in [0, 0.05) is 51.6 Å². The number of carbonyl (C=O) groups is 2. The molecule has 238 valence electrons. The third kappa shape index (κ3) is 8.92. The lowest BCUT2D eigenvalue weighted by molar-refractivity contribution is -0.149. The smallest absolute Gasteiger partial charge is 0.410 e. The highest BCUT2D eigenvalue weighted by Crippen LogP contribution is 2.28. The molecule has 5 atom stereocenters. The molecule has 3 heterocycles. The third-order valence-corrected chi connectivity index (χ3v) is 10.8. The predicted octanol–water partition coefficient (Wildman–Crippen LogP) is 5.19. The number of rotatable bonds is 5. The van der Waals surface area contributed by atoms with Gasteiger partial charge in [-0.15, -0.1) is 0 Å². The molecule has 9 nitrogen and oxygen atoms in total. The van der Waals surface area contributed by atoms with Gasteiger partial charge >= 0.3 is 12.1 Å². The Hall–Kier alpha value is -2.69. The summed E-state index contributed by atoms with van der Waals surface area (Å²) < 4.78 is 40.0. The van der Waals surface area contributed by atoms with E-state index in [4.69, 9.17) is 9.47 Å². The molecule has 3 aliphatic rings. The number of piperazine rings is 1. The number of ether oxygens (including phenoxy) is 2. The van der Waals surface area contributed by atoms with Gasteiger partial charge in [-0.05, 0) is 80.8 Å². The van der Waals surface area contributed by atoms with E-state index in [1.807, 2.05) is 45.1 Å². The summed E-state index contributed by atoms with van der Waals surface area (Å²) in [6.07, 6.45) is 8.30. The van der Waals surface area contributed by atoms with Crippen molar-refractivity contribution in [3.05, 3.63) is 47.6 Å². The molecular weight excluding hydrogens is 566 g/mol. The van der Waals surface area contributed by atoms with Gasteiger partial charge in [0.25, 0.3) is 0 Å². The average molecular weight is 616 g/mol. The first-order valence-electron chi connectivity index (χ1n) is 15.7. The minimum atomic E-state index is -3.55. The second kappa shape index (κ2) is 14.9. The summed E-state index contributed by atoms with van der Waals surface area (Å²) in [5.41, 5.74) is 1.54. The van der Waals surface area contributed by atoms with E-state index in [9.17, 15) is 18.0 Å². The van der Waals surface area contributed by atoms with Crippen LogP contribution >= 0.6 is 0 Å². The summed E-state index contributed by atoms with van der Waals surface area (Å²) in [5, 5.41) is 0. The van der Waals surface area contributed by atoms with Gasteiger partial charge in [0.2, 0.25) is 10.0 Å². The van der Waals surface area contributed by atoms with E-state index in [-0.39, 0.29) is 34.7 Å². The maximum Gasteiger partial charge on any atom is 0.410 e. The first-order chi connectivity index (χ1) is 20.4. The van der Waals surface area contributed by atoms with Gasteiger partial charge in [-0.3, -0.25) is 4.79 Å². The van der Waals surface area contributed by atoms with Gasteiger partial charge in [-0.2, -0.15) is 4.31 Å². The number of likely N-dealkylation sites (N-methyl/N-ethyl adjacent to an activating group) is 1. The van der Waals surface area contributed by atoms with Crippen LogP contribution in [0.4, 0.5) is 4.79 Å². The lowest BCUT2D eigenvalue weighted by Gasteiger charge is -2.33. The highest BCUT2D eigenvalue weighted by molar-refractivity contribution is 7.89. The summed E-state index contributed by atoms with van der Waals surface area (Å²) in [7, 11) is -1.50. The van der Waals surface area contributed by atoms with Crippen LogP contribution in [0.1, 0.15) is 65.4 Å². The van der Waals surface area contributed by atoms with Crippen molar-refractivity contribution in [2.24, 2.45) is 17.8 Å². The standard InChI is InChI=1S/C33H49N3O6S/c1-24-11-12-25(2)30(41-33(38)35-19-17-34(5)18-20-35)14-13-26(3)32(42-31(37)21-24)27(4)22-28-9-8-10-29(23-28)43(39,40)36-15-6-7-16-36/h8-10,13-14,22-26,30,32H,6-7,11-12,15-21H2,1-5H3/b14-13+,27-22+/t24-,25+,26+,30+,32+/m1/s1. The SMILES string of the molecule is C/C(=C\c1cccc(S(=O)(=O)N2CCCC2)c1)[C@H]1OC(=O)C[C@H](C)CC[C@H](C)[C@@H](OC(=O)N2CCN(C)CC2)/C=C/[C@@H]1C. The molecule has 0 saturated carbocycles. The van der Waals surface area contributed by atoms with Crippen LogP contribution < -0.4 is 0 Å². The van der Waals surface area contributed by atoms with Crippen LogP contribution in [0.15, 0.2) is 46.9 Å². The molecule has 43 heavy (non-hydrogen) atoms. The molecule has 0 aliphatic carbocycles. The molecular formula is C33H49N3O6S. The maximum absolute atomic E-state index is 13.1. The zero-order valence-corrected chi connectivity index (χ0v) is 27.2. The lowest BCUT2D eigenvalue weighted by Crippen LogP contribution is -2.48. The van der Waals surface area contributed by atoms with E-state index in [1.54, 1.807) is 27.4 Å². The van der Waals surface area contributed by atoms with Gasteiger partial charge in [0.15, 0.2) is 0 Å². The van der Waals surface area contributed by atoms with Gasteiger partial charge in [0.05, 0.1) is 4.90 Å². The molecule has 0 bridgehead atoms. The molecule has 0 radical (unpaired) electrons. The van der Waals surface area contributed by atoms with E-state index in [0.29, 0.717) is 32.6 Å². The van der Waals surface area contributed by atoms with Crippen molar-refractivity contribution in [1.29, 1.82) is 0 Å². The van der Waals surface area contributed by atoms with Crippen molar-refractivity contribution in [2.45, 2.75) is 76.9 Å². The van der Waals surface area contributed by atoms with Crippen molar-refractivity contribution in [3.63, 3.8) is 0 Å². The monoisotopic (exact) mass is 615 g/mol. The van der Waals surface area contributed by atoms with E-state index in [1.165, 1.54) is 0 Å². The number of esters is 1. The Bertz CT molecular complexity index is 1280. The fourth-order valence-corrected chi connectivity index (χ4v) is 7.57. The second-order valence-corrected chi connectivity index (χ2v) is 14.7. The quantitative estimate of drug-likeness (QED) is 0.332. The first kappa shape index (κ1) is 33.2. The lowest BCUT2D eigenvalue weighted by atomic mass is 9.90. The minimum Gasteiger partial charge on any atom is -0.457 e. The zero-order valence-electron chi connectivity index (χ0n) is 26.4. The fourth-order valence-electron chi connectivity index (χ4n) is 6.00. The number of nitrogens with zero attached hydrogens (tertiary/aromatic N) is 3. The molecule has 2 saturated heterocycles. The van der Waals surface area contributed by atoms with Gasteiger partial charge < -0.3 is 19.3 Å². The molecule has 0 spiro atoms. The van der Waals surface area contributed by atoms with Gasteiger partial charge in [-0.25, -0.2) is 13.2 Å². The van der Waals surface area contributed by atoms with Gasteiger partial charge in [-0.1, -0.05) is 45.1 Å². The molecule has 1 aromatic rings. The Balaban J connectivity index is 1.56. The third-order valence-electron chi connectivity index (χ3n) is 8.93. The van der Waals surface area contributed by atoms with Crippen LogP contribution in [-0.2, 0) is 24.3 Å². The largest absolute Gasteiger partial charge is 0.457 e.